The first kappa shape index (κ1) is 17.3. The maximum atomic E-state index is 11.8. The van der Waals surface area contributed by atoms with Crippen molar-refractivity contribution in [3.05, 3.63) is 10.6 Å². The van der Waals surface area contributed by atoms with Gasteiger partial charge in [-0.25, -0.2) is 4.79 Å². The zero-order valence-electron chi connectivity index (χ0n) is 10.9. The van der Waals surface area contributed by atoms with Gasteiger partial charge in [-0.1, -0.05) is 11.8 Å². The summed E-state index contributed by atoms with van der Waals surface area (Å²) in [6, 6.07) is 0. The van der Waals surface area contributed by atoms with Gasteiger partial charge in [0.05, 0.1) is 28.6 Å². The second kappa shape index (κ2) is 6.35. The number of amides is 2. The Balaban J connectivity index is 0.00000200. The summed E-state index contributed by atoms with van der Waals surface area (Å²) in [6.45, 7) is 1.12. The summed E-state index contributed by atoms with van der Waals surface area (Å²) < 4.78 is 4.53. The molecule has 0 spiro atoms. The van der Waals surface area contributed by atoms with E-state index < -0.39 is 35.4 Å². The van der Waals surface area contributed by atoms with E-state index in [-0.39, 0.29) is 46.8 Å². The molecule has 1 saturated heterocycles. The number of nitrogens with zero attached hydrogens (tertiary/aromatic N) is 1. The predicted molar refractivity (Wildman–Crippen MR) is 61.0 cm³/mol. The number of carbonyl (C=O) groups excluding carboxylic acids is 3. The minimum Gasteiger partial charge on any atom is -0.543 e. The Morgan fingerprint density at radius 2 is 2.20 bits per heavy atom. The molecule has 1 fully saturated rings. The van der Waals surface area contributed by atoms with Crippen LogP contribution in [0.2, 0.25) is 0 Å². The van der Waals surface area contributed by atoms with Crippen LogP contribution in [0.5, 0.6) is 0 Å². The van der Waals surface area contributed by atoms with Gasteiger partial charge in [-0.05, 0) is 6.92 Å². The number of fused-ring (bicyclic) bond motifs is 1. The molecule has 10 heteroatoms. The number of aliphatic hydroxyl groups excluding tert-OH is 1. The Bertz CT molecular complexity index is 494. The van der Waals surface area contributed by atoms with Crippen LogP contribution in [0.15, 0.2) is 10.6 Å². The number of ether oxygens (including phenoxy) is 1. The average Bonchev–Trinajstić information content (AvgIpc) is 2.60. The number of nitrogens with two attached hydrogens (primary N) is 1. The van der Waals surface area contributed by atoms with E-state index in [1.54, 1.807) is 0 Å². The molecule has 2 aliphatic rings. The SMILES string of the molecule is CC(O)C1C(=O)N2C(C(=O)[O-])=C(COC(N)=O)SC12.[Na+]. The molecule has 0 bridgehead atoms. The van der Waals surface area contributed by atoms with E-state index in [1.165, 1.54) is 6.92 Å². The van der Waals surface area contributed by atoms with Crippen molar-refractivity contribution in [1.29, 1.82) is 0 Å². The molecule has 3 atom stereocenters. The summed E-state index contributed by atoms with van der Waals surface area (Å²) in [5.41, 5.74) is 4.48. The largest absolute Gasteiger partial charge is 1.00 e. The molecule has 3 unspecified atom stereocenters. The number of carboxylic acids is 1. The van der Waals surface area contributed by atoms with E-state index in [4.69, 9.17) is 5.73 Å². The molecule has 2 amide bonds. The smallest absolute Gasteiger partial charge is 0.543 e. The van der Waals surface area contributed by atoms with Crippen LogP contribution in [0, 0.1) is 5.92 Å². The Hall–Kier alpha value is -0.740. The minimum atomic E-state index is -1.53. The summed E-state index contributed by atoms with van der Waals surface area (Å²) >= 11 is 1.05. The molecule has 0 aromatic carbocycles. The molecular formula is C10H11N2NaO6S. The molecule has 0 radical (unpaired) electrons. The van der Waals surface area contributed by atoms with Crippen molar-refractivity contribution in [3.8, 4) is 0 Å². The second-order valence-electron chi connectivity index (χ2n) is 4.15. The normalized spacial score (nSPS) is 25.5. The molecule has 0 saturated carbocycles. The second-order valence-corrected chi connectivity index (χ2v) is 5.36. The Morgan fingerprint density at radius 3 is 2.65 bits per heavy atom. The molecule has 2 aliphatic heterocycles. The Labute approximate surface area is 140 Å². The summed E-state index contributed by atoms with van der Waals surface area (Å²) in [4.78, 5) is 34.6. The van der Waals surface area contributed by atoms with Crippen molar-refractivity contribution < 1.29 is 58.9 Å². The van der Waals surface area contributed by atoms with Gasteiger partial charge >= 0.3 is 35.7 Å². The molecule has 2 heterocycles. The molecule has 20 heavy (non-hydrogen) atoms. The molecule has 2 rings (SSSR count). The summed E-state index contributed by atoms with van der Waals surface area (Å²) in [5.74, 6) is -2.69. The van der Waals surface area contributed by atoms with E-state index in [1.807, 2.05) is 0 Å². The average molecular weight is 310 g/mol. The fourth-order valence-corrected chi connectivity index (χ4v) is 3.60. The summed E-state index contributed by atoms with van der Waals surface area (Å²) in [6.07, 6.45) is -1.93. The van der Waals surface area contributed by atoms with Gasteiger partial charge in [0.15, 0.2) is 0 Å². The fraction of sp³-hybridized carbons (Fsp3) is 0.500. The summed E-state index contributed by atoms with van der Waals surface area (Å²) in [5, 5.41) is 20.0. The maximum Gasteiger partial charge on any atom is 1.00 e. The molecular weight excluding hydrogens is 299 g/mol. The monoisotopic (exact) mass is 310 g/mol. The maximum absolute atomic E-state index is 11.8. The van der Waals surface area contributed by atoms with E-state index in [0.29, 0.717) is 0 Å². The van der Waals surface area contributed by atoms with E-state index >= 15 is 0 Å². The number of carbonyl (C=O) groups is 3. The van der Waals surface area contributed by atoms with Gasteiger partial charge < -0.3 is 25.5 Å². The third-order valence-corrected chi connectivity index (χ3v) is 4.25. The van der Waals surface area contributed by atoms with Crippen LogP contribution in [-0.2, 0) is 14.3 Å². The van der Waals surface area contributed by atoms with Crippen LogP contribution in [0.1, 0.15) is 6.92 Å². The van der Waals surface area contributed by atoms with Crippen molar-refractivity contribution in [1.82, 2.24) is 4.90 Å². The van der Waals surface area contributed by atoms with E-state index in [9.17, 15) is 24.6 Å². The van der Waals surface area contributed by atoms with Crippen LogP contribution in [0.25, 0.3) is 0 Å². The zero-order chi connectivity index (χ0) is 14.3. The van der Waals surface area contributed by atoms with Crippen LogP contribution in [0.4, 0.5) is 4.79 Å². The first-order valence-corrected chi connectivity index (χ1v) is 6.27. The third-order valence-electron chi connectivity index (χ3n) is 2.91. The first-order valence-electron chi connectivity index (χ1n) is 5.39. The van der Waals surface area contributed by atoms with Crippen LogP contribution >= 0.6 is 11.8 Å². The van der Waals surface area contributed by atoms with Crippen molar-refractivity contribution >= 4 is 29.7 Å². The number of aliphatic carboxylic acids is 1. The van der Waals surface area contributed by atoms with Crippen LogP contribution in [-0.4, -0.2) is 46.1 Å². The summed E-state index contributed by atoms with van der Waals surface area (Å²) in [7, 11) is 0. The number of β-lactam (4-membered cyclic amide) rings is 1. The fourth-order valence-electron chi connectivity index (χ4n) is 2.08. The molecule has 104 valence electrons. The minimum absolute atomic E-state index is 0. The molecule has 0 aliphatic carbocycles. The van der Waals surface area contributed by atoms with Crippen molar-refractivity contribution in [2.24, 2.45) is 11.7 Å². The molecule has 0 aromatic heterocycles. The van der Waals surface area contributed by atoms with Gasteiger partial charge in [0.2, 0.25) is 5.91 Å². The number of hydrogen-bond donors (Lipinski definition) is 2. The van der Waals surface area contributed by atoms with Gasteiger partial charge in [0, 0.05) is 0 Å². The van der Waals surface area contributed by atoms with Gasteiger partial charge in [0.1, 0.15) is 12.0 Å². The molecule has 8 nitrogen and oxygen atoms in total. The van der Waals surface area contributed by atoms with Gasteiger partial charge in [-0.15, -0.1) is 0 Å². The quantitative estimate of drug-likeness (QED) is 0.392. The third kappa shape index (κ3) is 2.82. The van der Waals surface area contributed by atoms with E-state index in [0.717, 1.165) is 16.7 Å². The van der Waals surface area contributed by atoms with Crippen LogP contribution < -0.4 is 40.4 Å². The van der Waals surface area contributed by atoms with E-state index in [2.05, 4.69) is 4.74 Å². The Morgan fingerprint density at radius 1 is 1.60 bits per heavy atom. The Kier molecular flexibility index (Phi) is 5.50. The number of hydrogen-bond acceptors (Lipinski definition) is 7. The van der Waals surface area contributed by atoms with Crippen molar-refractivity contribution in [3.63, 3.8) is 0 Å². The van der Waals surface area contributed by atoms with Crippen molar-refractivity contribution in [2.45, 2.75) is 18.4 Å². The van der Waals surface area contributed by atoms with Crippen LogP contribution in [0.3, 0.4) is 0 Å². The zero-order valence-corrected chi connectivity index (χ0v) is 13.7. The van der Waals surface area contributed by atoms with Gasteiger partial charge in [-0.2, -0.15) is 0 Å². The van der Waals surface area contributed by atoms with Gasteiger partial charge in [-0.3, -0.25) is 9.69 Å². The number of aliphatic hydroxyl groups is 1. The standard InChI is InChI=1S/C10H12N2O6S.Na/c1-3(13)5-7(14)12-6(9(15)16)4(19-8(5)12)2-18-10(11)17;/h3,5,8,13H,2H2,1H3,(H2,11,17)(H,15,16);/q;+1/p-1. The van der Waals surface area contributed by atoms with Gasteiger partial charge in [0.25, 0.3) is 0 Å². The number of carboxylic acid groups (broad SMARTS) is 1. The topological polar surface area (TPSA) is 133 Å². The van der Waals surface area contributed by atoms with Crippen molar-refractivity contribution in [2.75, 3.05) is 6.61 Å². The molecule has 3 N–H and O–H groups in total. The number of primary amides is 1. The number of rotatable bonds is 4. The number of thioether (sulfide) groups is 1. The first-order chi connectivity index (χ1) is 8.84. The predicted octanol–water partition coefficient (Wildman–Crippen LogP) is -5.04. The molecule has 0 aromatic rings.